The molecule has 0 bridgehead atoms. The van der Waals surface area contributed by atoms with E-state index >= 15 is 0 Å². The van der Waals surface area contributed by atoms with Crippen molar-refractivity contribution in [3.05, 3.63) is 0 Å². The van der Waals surface area contributed by atoms with Crippen LogP contribution < -0.4 is 0 Å². The maximum atomic E-state index is 10.7. The molecule has 2 heterocycles. The Bertz CT molecular complexity index is 502. The van der Waals surface area contributed by atoms with Crippen LogP contribution in [-0.4, -0.2) is 47.3 Å². The first-order valence-corrected chi connectivity index (χ1v) is 9.89. The van der Waals surface area contributed by atoms with E-state index < -0.39 is 11.5 Å². The lowest BCUT2D eigenvalue weighted by Crippen LogP contribution is -2.66. The van der Waals surface area contributed by atoms with Gasteiger partial charge >= 0.3 is 0 Å². The minimum Gasteiger partial charge on any atom is -0.396 e. The van der Waals surface area contributed by atoms with Crippen molar-refractivity contribution in [2.24, 2.45) is 22.7 Å². The van der Waals surface area contributed by atoms with Crippen LogP contribution in [0.4, 0.5) is 0 Å². The Morgan fingerprint density at radius 3 is 2.50 bits per heavy atom. The monoisotopic (exact) mass is 338 g/mol. The van der Waals surface area contributed by atoms with Crippen LogP contribution in [0.2, 0.25) is 0 Å². The Kier molecular flexibility index (Phi) is 3.90. The van der Waals surface area contributed by atoms with Gasteiger partial charge in [-0.05, 0) is 50.4 Å². The topological polar surface area (TPSA) is 58.9 Å². The maximum Gasteiger partial charge on any atom is 0.0945 e. The van der Waals surface area contributed by atoms with E-state index in [-0.39, 0.29) is 23.2 Å². The first-order valence-electron chi connectivity index (χ1n) is 9.89. The highest BCUT2D eigenvalue weighted by atomic mass is 16.6. The van der Waals surface area contributed by atoms with Crippen LogP contribution in [0, 0.1) is 22.7 Å². The van der Waals surface area contributed by atoms with Crippen molar-refractivity contribution in [3.63, 3.8) is 0 Å². The molecule has 0 aromatic carbocycles. The summed E-state index contributed by atoms with van der Waals surface area (Å²) >= 11 is 0. The smallest absolute Gasteiger partial charge is 0.0945 e. The second kappa shape index (κ2) is 5.42. The predicted molar refractivity (Wildman–Crippen MR) is 91.6 cm³/mol. The van der Waals surface area contributed by atoms with Gasteiger partial charge in [0.25, 0.3) is 0 Å². The van der Waals surface area contributed by atoms with Crippen molar-refractivity contribution in [1.82, 2.24) is 0 Å². The third kappa shape index (κ3) is 2.00. The zero-order chi connectivity index (χ0) is 17.2. The fourth-order valence-corrected chi connectivity index (χ4v) is 7.00. The van der Waals surface area contributed by atoms with Crippen molar-refractivity contribution in [2.45, 2.75) is 83.0 Å². The summed E-state index contributed by atoms with van der Waals surface area (Å²) in [5.41, 5.74) is -0.593. The van der Waals surface area contributed by atoms with Crippen LogP contribution in [0.1, 0.15) is 65.7 Å². The predicted octanol–water partition coefficient (Wildman–Crippen LogP) is 2.90. The minimum atomic E-state index is -0.411. The highest BCUT2D eigenvalue weighted by Crippen LogP contribution is 2.68. The van der Waals surface area contributed by atoms with Crippen LogP contribution in [0.25, 0.3) is 0 Å². The van der Waals surface area contributed by atoms with Gasteiger partial charge in [-0.15, -0.1) is 0 Å². The molecule has 4 aliphatic rings. The molecule has 2 N–H and O–H groups in total. The second-order valence-electron chi connectivity index (χ2n) is 9.64. The van der Waals surface area contributed by atoms with E-state index in [0.29, 0.717) is 11.8 Å². The Balaban J connectivity index is 1.74. The quantitative estimate of drug-likeness (QED) is 0.772. The number of aliphatic hydroxyl groups excluding tert-OH is 2. The van der Waals surface area contributed by atoms with Gasteiger partial charge in [-0.25, -0.2) is 0 Å². The molecular formula is C20H34O4. The number of ether oxygens (including phenoxy) is 2. The minimum absolute atomic E-state index is 0.0213. The number of hydrogen-bond donors (Lipinski definition) is 2. The lowest BCUT2D eigenvalue weighted by atomic mass is 9.43. The average molecular weight is 338 g/mol. The van der Waals surface area contributed by atoms with Crippen LogP contribution in [0.15, 0.2) is 0 Å². The average Bonchev–Trinajstić information content (AvgIpc) is 3.18. The van der Waals surface area contributed by atoms with Crippen molar-refractivity contribution >= 4 is 0 Å². The highest BCUT2D eigenvalue weighted by Gasteiger charge is 2.69. The Morgan fingerprint density at radius 2 is 1.83 bits per heavy atom. The second-order valence-corrected chi connectivity index (χ2v) is 9.64. The molecule has 4 nitrogen and oxygen atoms in total. The van der Waals surface area contributed by atoms with Gasteiger partial charge in [-0.3, -0.25) is 0 Å². The first-order chi connectivity index (χ1) is 11.3. The molecule has 0 amide bonds. The molecule has 0 aromatic rings. The molecular weight excluding hydrogens is 304 g/mol. The first kappa shape index (κ1) is 17.3. The van der Waals surface area contributed by atoms with Crippen LogP contribution >= 0.6 is 0 Å². The van der Waals surface area contributed by atoms with Gasteiger partial charge in [-0.1, -0.05) is 20.8 Å². The van der Waals surface area contributed by atoms with E-state index in [1.54, 1.807) is 0 Å². The van der Waals surface area contributed by atoms with Gasteiger partial charge < -0.3 is 19.7 Å². The summed E-state index contributed by atoms with van der Waals surface area (Å²) in [5.74, 6) is 0.837. The molecule has 0 aromatic heterocycles. The van der Waals surface area contributed by atoms with E-state index in [9.17, 15) is 10.2 Å². The molecule has 138 valence electrons. The maximum absolute atomic E-state index is 10.7. The van der Waals surface area contributed by atoms with Gasteiger partial charge in [0.2, 0.25) is 0 Å². The van der Waals surface area contributed by atoms with Crippen molar-refractivity contribution in [1.29, 1.82) is 0 Å². The van der Waals surface area contributed by atoms with E-state index in [1.807, 2.05) is 0 Å². The normalized spacial score (nSPS) is 57.6. The molecule has 2 spiro atoms. The largest absolute Gasteiger partial charge is 0.396 e. The van der Waals surface area contributed by atoms with E-state index in [4.69, 9.17) is 9.47 Å². The third-order valence-electron chi connectivity index (χ3n) is 8.67. The number of hydrogen-bond acceptors (Lipinski definition) is 4. The lowest BCUT2D eigenvalue weighted by Gasteiger charge is -2.65. The van der Waals surface area contributed by atoms with Crippen LogP contribution in [-0.2, 0) is 9.47 Å². The van der Waals surface area contributed by atoms with Gasteiger partial charge in [0.1, 0.15) is 0 Å². The molecule has 2 saturated carbocycles. The lowest BCUT2D eigenvalue weighted by molar-refractivity contribution is -0.266. The van der Waals surface area contributed by atoms with Crippen LogP contribution in [0.5, 0.6) is 0 Å². The zero-order valence-electron chi connectivity index (χ0n) is 15.5. The van der Waals surface area contributed by atoms with Gasteiger partial charge in [0, 0.05) is 23.9 Å². The summed E-state index contributed by atoms with van der Waals surface area (Å²) in [5, 5.41) is 20.8. The molecule has 2 saturated heterocycles. The van der Waals surface area contributed by atoms with Crippen molar-refractivity contribution in [3.8, 4) is 0 Å². The SMILES string of the molecule is C[C@H]1CC[C@@H]2[C@@](C)(CO)[C@H](O)CC[C@]2(C)[C@]12CC[C@@]1(CCOC1)O2. The number of rotatable bonds is 1. The standard InChI is InChI=1S/C20H34O4/c1-14-4-5-15-17(2,12-21)16(22)6-7-18(15,3)20(14)9-8-19(24-20)10-11-23-13-19/h14-16,21-22H,4-13H2,1-3H3/t14-,15+,16+,17+,18-,19-,20-/m0/s1. The fraction of sp³-hybridized carbons (Fsp3) is 1.00. The molecule has 0 unspecified atom stereocenters. The molecule has 2 aliphatic heterocycles. The summed E-state index contributed by atoms with van der Waals surface area (Å²) in [6, 6.07) is 0. The van der Waals surface area contributed by atoms with Gasteiger partial charge in [0.15, 0.2) is 0 Å². The van der Waals surface area contributed by atoms with Crippen molar-refractivity contribution < 1.29 is 19.7 Å². The Labute approximate surface area is 145 Å². The molecule has 2 aliphatic carbocycles. The Hall–Kier alpha value is -0.160. The van der Waals surface area contributed by atoms with Crippen LogP contribution in [0.3, 0.4) is 0 Å². The third-order valence-corrected chi connectivity index (χ3v) is 8.67. The molecule has 4 heteroatoms. The highest BCUT2D eigenvalue weighted by molar-refractivity contribution is 5.17. The fourth-order valence-electron chi connectivity index (χ4n) is 7.00. The number of fused-ring (bicyclic) bond motifs is 2. The molecule has 4 rings (SSSR count). The summed E-state index contributed by atoms with van der Waals surface area (Å²) in [7, 11) is 0. The summed E-state index contributed by atoms with van der Waals surface area (Å²) < 4.78 is 12.7. The zero-order valence-corrected chi connectivity index (χ0v) is 15.5. The Morgan fingerprint density at radius 1 is 1.04 bits per heavy atom. The molecule has 0 radical (unpaired) electrons. The molecule has 24 heavy (non-hydrogen) atoms. The van der Waals surface area contributed by atoms with E-state index in [0.717, 1.165) is 58.2 Å². The molecule has 7 atom stereocenters. The van der Waals surface area contributed by atoms with Gasteiger partial charge in [0.05, 0.1) is 30.5 Å². The number of aliphatic hydroxyl groups is 2. The summed E-state index contributed by atoms with van der Waals surface area (Å²) in [6.07, 6.45) is 6.78. The van der Waals surface area contributed by atoms with E-state index in [2.05, 4.69) is 20.8 Å². The summed E-state index contributed by atoms with van der Waals surface area (Å²) in [4.78, 5) is 0. The summed E-state index contributed by atoms with van der Waals surface area (Å²) in [6.45, 7) is 8.46. The van der Waals surface area contributed by atoms with Gasteiger partial charge in [-0.2, -0.15) is 0 Å². The van der Waals surface area contributed by atoms with Crippen molar-refractivity contribution in [2.75, 3.05) is 19.8 Å². The van der Waals surface area contributed by atoms with E-state index in [1.165, 1.54) is 0 Å². The molecule has 4 fully saturated rings.